The van der Waals surface area contributed by atoms with E-state index in [1.54, 1.807) is 25.4 Å². The first-order valence-electron chi connectivity index (χ1n) is 10.1. The number of guanidine groups is 1. The van der Waals surface area contributed by atoms with Crippen molar-refractivity contribution in [1.29, 1.82) is 0 Å². The molecule has 0 fully saturated rings. The van der Waals surface area contributed by atoms with Crippen molar-refractivity contribution in [3.63, 3.8) is 0 Å². The van der Waals surface area contributed by atoms with Gasteiger partial charge in [-0.3, -0.25) is 4.99 Å². The van der Waals surface area contributed by atoms with Crippen molar-refractivity contribution in [2.24, 2.45) is 4.99 Å². The van der Waals surface area contributed by atoms with Crippen molar-refractivity contribution in [3.8, 4) is 11.5 Å². The van der Waals surface area contributed by atoms with Gasteiger partial charge in [-0.2, -0.15) is 8.78 Å². The maximum absolute atomic E-state index is 12.7. The van der Waals surface area contributed by atoms with Crippen LogP contribution in [0.3, 0.4) is 0 Å². The molecular weight excluding hydrogens is 416 g/mol. The van der Waals surface area contributed by atoms with E-state index >= 15 is 0 Å². The molecule has 2 aromatic carbocycles. The molecule has 0 aliphatic heterocycles. The van der Waals surface area contributed by atoms with Gasteiger partial charge in [0.25, 0.3) is 0 Å². The Labute approximate surface area is 186 Å². The first-order chi connectivity index (χ1) is 15.5. The zero-order valence-corrected chi connectivity index (χ0v) is 18.3. The van der Waals surface area contributed by atoms with Gasteiger partial charge >= 0.3 is 6.61 Å². The van der Waals surface area contributed by atoms with Gasteiger partial charge < -0.3 is 24.7 Å². The molecule has 3 aromatic rings. The Bertz CT molecular complexity index is 1050. The summed E-state index contributed by atoms with van der Waals surface area (Å²) in [6, 6.07) is 12.9. The molecule has 1 aromatic heterocycles. The van der Waals surface area contributed by atoms with Crippen LogP contribution >= 0.6 is 0 Å². The largest absolute Gasteiger partial charge is 0.497 e. The van der Waals surface area contributed by atoms with Gasteiger partial charge in [-0.15, -0.1) is 0 Å². The van der Waals surface area contributed by atoms with Crippen LogP contribution in [-0.4, -0.2) is 36.3 Å². The van der Waals surface area contributed by atoms with Crippen LogP contribution in [0.4, 0.5) is 8.78 Å². The number of aliphatic imine (C=N–C) groups is 1. The number of rotatable bonds is 9. The van der Waals surface area contributed by atoms with Gasteiger partial charge in [-0.05, 0) is 36.2 Å². The van der Waals surface area contributed by atoms with Gasteiger partial charge in [-0.1, -0.05) is 24.3 Å². The number of aryl methyl sites for hydroxylation is 1. The van der Waals surface area contributed by atoms with E-state index in [1.165, 1.54) is 18.7 Å². The second-order valence-electron chi connectivity index (χ2n) is 7.05. The van der Waals surface area contributed by atoms with Crippen LogP contribution in [0.1, 0.15) is 22.5 Å². The van der Waals surface area contributed by atoms with Gasteiger partial charge in [-0.25, -0.2) is 4.98 Å². The van der Waals surface area contributed by atoms with Crippen LogP contribution in [0.15, 0.2) is 59.9 Å². The fourth-order valence-electron chi connectivity index (χ4n) is 3.22. The minimum atomic E-state index is -2.90. The summed E-state index contributed by atoms with van der Waals surface area (Å²) in [5.41, 5.74) is 2.79. The molecule has 170 valence electrons. The minimum Gasteiger partial charge on any atom is -0.497 e. The van der Waals surface area contributed by atoms with E-state index in [0.29, 0.717) is 23.8 Å². The van der Waals surface area contributed by atoms with Crippen LogP contribution in [0, 0.1) is 6.92 Å². The summed E-state index contributed by atoms with van der Waals surface area (Å²) in [4.78, 5) is 8.46. The second kappa shape index (κ2) is 11.1. The standard InChI is InChI=1S/C23H27F2N5O2/c1-16-27-9-10-30(16)15-18-6-4-5-17(11-18)13-28-23(26-2)29-14-19-12-20(31-3)7-8-21(19)32-22(24)25/h4-12,22H,13-15H2,1-3H3,(H2,26,28,29). The number of hydrogen-bond donors (Lipinski definition) is 2. The number of hydrogen-bond acceptors (Lipinski definition) is 4. The predicted molar refractivity (Wildman–Crippen MR) is 119 cm³/mol. The number of aromatic nitrogens is 2. The molecule has 0 spiro atoms. The van der Waals surface area contributed by atoms with Crippen LogP contribution < -0.4 is 20.1 Å². The molecule has 0 aliphatic rings. The summed E-state index contributed by atoms with van der Waals surface area (Å²) >= 11 is 0. The van der Waals surface area contributed by atoms with Crippen LogP contribution in [0.25, 0.3) is 0 Å². The third-order valence-corrected chi connectivity index (χ3v) is 4.88. The third-order valence-electron chi connectivity index (χ3n) is 4.88. The lowest BCUT2D eigenvalue weighted by molar-refractivity contribution is -0.0505. The van der Waals surface area contributed by atoms with Gasteiger partial charge in [0, 0.05) is 44.6 Å². The first kappa shape index (κ1) is 23.1. The number of alkyl halides is 2. The Morgan fingerprint density at radius 3 is 2.59 bits per heavy atom. The average molecular weight is 443 g/mol. The molecule has 0 amide bonds. The molecule has 1 heterocycles. The van der Waals surface area contributed by atoms with E-state index in [1.807, 2.05) is 25.3 Å². The number of nitrogens with one attached hydrogen (secondary N) is 2. The summed E-state index contributed by atoms with van der Waals surface area (Å²) in [5, 5.41) is 6.37. The van der Waals surface area contributed by atoms with Crippen molar-refractivity contribution >= 4 is 5.96 Å². The molecule has 7 nitrogen and oxygen atoms in total. The maximum atomic E-state index is 12.7. The topological polar surface area (TPSA) is 72.7 Å². The molecule has 0 bridgehead atoms. The Balaban J connectivity index is 1.60. The monoisotopic (exact) mass is 443 g/mol. The normalized spacial score (nSPS) is 11.5. The van der Waals surface area contributed by atoms with Crippen molar-refractivity contribution in [3.05, 3.63) is 77.4 Å². The summed E-state index contributed by atoms with van der Waals surface area (Å²) in [7, 11) is 3.17. The Kier molecular flexibility index (Phi) is 8.02. The number of nitrogens with zero attached hydrogens (tertiary/aromatic N) is 3. The molecule has 3 rings (SSSR count). The predicted octanol–water partition coefficient (Wildman–Crippen LogP) is 3.72. The van der Waals surface area contributed by atoms with Crippen LogP contribution in [0.2, 0.25) is 0 Å². The molecule has 32 heavy (non-hydrogen) atoms. The van der Waals surface area contributed by atoms with Crippen molar-refractivity contribution < 1.29 is 18.3 Å². The van der Waals surface area contributed by atoms with Gasteiger partial charge in [0.15, 0.2) is 5.96 Å². The number of halogens is 2. The maximum Gasteiger partial charge on any atom is 0.387 e. The fraction of sp³-hybridized carbons (Fsp3) is 0.304. The lowest BCUT2D eigenvalue weighted by atomic mass is 10.1. The Morgan fingerprint density at radius 2 is 1.91 bits per heavy atom. The van der Waals surface area contributed by atoms with Crippen LogP contribution in [-0.2, 0) is 19.6 Å². The highest BCUT2D eigenvalue weighted by molar-refractivity contribution is 5.79. The quantitative estimate of drug-likeness (QED) is 0.390. The van der Waals surface area contributed by atoms with E-state index in [2.05, 4.69) is 42.0 Å². The van der Waals surface area contributed by atoms with Crippen molar-refractivity contribution in [2.45, 2.75) is 33.2 Å². The van der Waals surface area contributed by atoms with Crippen molar-refractivity contribution in [2.75, 3.05) is 14.2 Å². The van der Waals surface area contributed by atoms with E-state index in [4.69, 9.17) is 4.74 Å². The zero-order chi connectivity index (χ0) is 22.9. The lowest BCUT2D eigenvalue weighted by Gasteiger charge is -2.16. The highest BCUT2D eigenvalue weighted by atomic mass is 19.3. The number of ether oxygens (including phenoxy) is 2. The SMILES string of the molecule is CN=C(NCc1cccc(Cn2ccnc2C)c1)NCc1cc(OC)ccc1OC(F)F. The molecule has 0 saturated carbocycles. The van der Waals surface area contributed by atoms with Crippen molar-refractivity contribution in [1.82, 2.24) is 20.2 Å². The van der Waals surface area contributed by atoms with E-state index in [9.17, 15) is 8.78 Å². The molecule has 9 heteroatoms. The average Bonchev–Trinajstić information content (AvgIpc) is 3.19. The summed E-state index contributed by atoms with van der Waals surface area (Å²) in [6.07, 6.45) is 3.74. The fourth-order valence-corrected chi connectivity index (χ4v) is 3.22. The van der Waals surface area contributed by atoms with Gasteiger partial charge in [0.05, 0.1) is 7.11 Å². The third kappa shape index (κ3) is 6.44. The van der Waals surface area contributed by atoms with Crippen LogP contribution in [0.5, 0.6) is 11.5 Å². The van der Waals surface area contributed by atoms with Gasteiger partial charge in [0.2, 0.25) is 0 Å². The Morgan fingerprint density at radius 1 is 1.12 bits per heavy atom. The molecular formula is C23H27F2N5O2. The minimum absolute atomic E-state index is 0.0891. The number of imidazole rings is 1. The number of benzene rings is 2. The molecule has 0 aliphatic carbocycles. The van der Waals surface area contributed by atoms with E-state index in [0.717, 1.165) is 17.9 Å². The zero-order valence-electron chi connectivity index (χ0n) is 18.3. The van der Waals surface area contributed by atoms with E-state index < -0.39 is 6.61 Å². The highest BCUT2D eigenvalue weighted by Crippen LogP contribution is 2.25. The smallest absolute Gasteiger partial charge is 0.387 e. The first-order valence-corrected chi connectivity index (χ1v) is 10.1. The summed E-state index contributed by atoms with van der Waals surface area (Å²) < 4.78 is 37.3. The number of methoxy groups -OCH3 is 1. The molecule has 0 saturated heterocycles. The lowest BCUT2D eigenvalue weighted by Crippen LogP contribution is -2.36. The molecule has 0 unspecified atom stereocenters. The Hall–Kier alpha value is -3.62. The van der Waals surface area contributed by atoms with E-state index in [-0.39, 0.29) is 12.3 Å². The second-order valence-corrected chi connectivity index (χ2v) is 7.05. The van der Waals surface area contributed by atoms with Gasteiger partial charge in [0.1, 0.15) is 17.3 Å². The summed E-state index contributed by atoms with van der Waals surface area (Å²) in [5.74, 6) is 2.14. The molecule has 0 radical (unpaired) electrons. The highest BCUT2D eigenvalue weighted by Gasteiger charge is 2.12. The summed E-state index contributed by atoms with van der Waals surface area (Å²) in [6.45, 7) is 0.600. The molecule has 0 atom stereocenters. The molecule has 2 N–H and O–H groups in total.